The van der Waals surface area contributed by atoms with E-state index in [-0.39, 0.29) is 43.0 Å². The number of hydroxylamine groups is 4. The molecule has 1 atom stereocenters. The number of carbonyl (C=O) groups excluding carboxylic acids is 4. The highest BCUT2D eigenvalue weighted by molar-refractivity contribution is 7.86. The number of carbonyl (C=O) groups is 4. The second kappa shape index (κ2) is 20.1. The van der Waals surface area contributed by atoms with Gasteiger partial charge in [-0.3, -0.25) is 33.3 Å². The van der Waals surface area contributed by atoms with E-state index in [1.165, 1.54) is 26.3 Å². The lowest BCUT2D eigenvalue weighted by molar-refractivity contribution is -0.197. The minimum absolute atomic E-state index is 0.0142. The first-order valence-corrected chi connectivity index (χ1v) is 22.7. The fraction of sp³-hybridized carbons (Fsp3) is 0.419. The molecule has 330 valence electrons. The highest BCUT2D eigenvalue weighted by Gasteiger charge is 2.44. The number of likely N-dealkylation sites (N-methyl/N-ethyl adjacent to an activating group) is 1. The Morgan fingerprint density at radius 3 is 2.25 bits per heavy atom. The van der Waals surface area contributed by atoms with Gasteiger partial charge in [0.2, 0.25) is 0 Å². The summed E-state index contributed by atoms with van der Waals surface area (Å²) in [7, 11) is -5.93. The van der Waals surface area contributed by atoms with Crippen molar-refractivity contribution in [2.45, 2.75) is 89.4 Å². The van der Waals surface area contributed by atoms with Gasteiger partial charge in [-0.1, -0.05) is 69.7 Å². The van der Waals surface area contributed by atoms with Crippen LogP contribution in [0.4, 0.5) is 5.69 Å². The predicted octanol–water partition coefficient (Wildman–Crippen LogP) is 6.29. The van der Waals surface area contributed by atoms with E-state index in [9.17, 15) is 45.1 Å². The molecule has 1 fully saturated rings. The Morgan fingerprint density at radius 1 is 0.967 bits per heavy atom. The topological polar surface area (TPSA) is 218 Å². The molecule has 0 spiro atoms. The lowest BCUT2D eigenvalue weighted by Crippen LogP contribution is -2.32. The third-order valence-corrected chi connectivity index (χ3v) is 12.5. The number of rotatable bonds is 19. The summed E-state index contributed by atoms with van der Waals surface area (Å²) in [6.07, 6.45) is 18.0. The highest BCUT2D eigenvalue weighted by Crippen LogP contribution is 2.51. The molecular weight excluding hydrogens is 829 g/mol. The van der Waals surface area contributed by atoms with Crippen molar-refractivity contribution in [2.75, 3.05) is 31.4 Å². The molecule has 1 unspecified atom stereocenters. The van der Waals surface area contributed by atoms with E-state index >= 15 is 0 Å². The van der Waals surface area contributed by atoms with Crippen LogP contribution < -0.4 is 4.90 Å². The van der Waals surface area contributed by atoms with Crippen molar-refractivity contribution in [2.24, 2.45) is 10.4 Å². The summed E-state index contributed by atoms with van der Waals surface area (Å²) < 4.78 is 67.3. The molecule has 0 saturated carbocycles. The van der Waals surface area contributed by atoms with Gasteiger partial charge in [0, 0.05) is 60.6 Å². The number of nitrogens with zero attached hydrogens (tertiary/aromatic N) is 4. The van der Waals surface area contributed by atoms with Crippen molar-refractivity contribution >= 4 is 55.3 Å². The van der Waals surface area contributed by atoms with Gasteiger partial charge in [0.25, 0.3) is 38.0 Å². The maximum atomic E-state index is 12.8. The number of amides is 3. The van der Waals surface area contributed by atoms with Crippen LogP contribution in [0.2, 0.25) is 0 Å². The summed E-state index contributed by atoms with van der Waals surface area (Å²) in [5.41, 5.74) is 2.93. The molecule has 0 aliphatic carbocycles. The number of unbranched alkanes of at least 4 members (excludes halogenated alkanes) is 2. The van der Waals surface area contributed by atoms with Crippen molar-refractivity contribution in [3.63, 3.8) is 0 Å². The summed E-state index contributed by atoms with van der Waals surface area (Å²) in [5, 5.41) is 1.64. The van der Waals surface area contributed by atoms with E-state index in [0.717, 1.165) is 16.3 Å². The number of allylic oxidation sites excluding steroid dienone is 10. The van der Waals surface area contributed by atoms with E-state index in [4.69, 9.17) is 9.68 Å². The zero-order valence-corrected chi connectivity index (χ0v) is 36.9. The fourth-order valence-corrected chi connectivity index (χ4v) is 8.36. The SMILES string of the molecule is C=C1N=C(/C=C/C=C/C=C/C=C2/N(CCCS(=O)(=O)O)c3ccc(S(=O)(=O)O)cc3C2(C)CCCCCC(=O)ON2C(=O)CCC2=O)C(C)(C)/C1=C/C(=C\C)C(=O)N(C)OC. The number of benzene rings is 1. The Balaban J connectivity index is 1.56. The molecule has 0 bridgehead atoms. The largest absolute Gasteiger partial charge is 0.344 e. The van der Waals surface area contributed by atoms with Crippen LogP contribution in [0.25, 0.3) is 0 Å². The second-order valence-corrected chi connectivity index (χ2v) is 18.4. The summed E-state index contributed by atoms with van der Waals surface area (Å²) in [6.45, 7) is 11.9. The van der Waals surface area contributed by atoms with Gasteiger partial charge in [-0.25, -0.2) is 9.86 Å². The summed E-state index contributed by atoms with van der Waals surface area (Å²) in [5.74, 6) is -2.67. The van der Waals surface area contributed by atoms with Crippen molar-refractivity contribution < 1.29 is 54.8 Å². The van der Waals surface area contributed by atoms with Gasteiger partial charge in [-0.15, -0.1) is 5.06 Å². The predicted molar refractivity (Wildman–Crippen MR) is 230 cm³/mol. The third-order valence-electron chi connectivity index (χ3n) is 10.8. The van der Waals surface area contributed by atoms with Gasteiger partial charge in [0.1, 0.15) is 0 Å². The Morgan fingerprint density at radius 2 is 1.62 bits per heavy atom. The first kappa shape index (κ1) is 48.4. The lowest BCUT2D eigenvalue weighted by Gasteiger charge is -2.30. The maximum Gasteiger partial charge on any atom is 0.333 e. The molecule has 2 N–H and O–H groups in total. The average Bonchev–Trinajstić information content (AvgIpc) is 3.71. The number of hydrogen-bond donors (Lipinski definition) is 2. The van der Waals surface area contributed by atoms with Gasteiger partial charge in [0.15, 0.2) is 0 Å². The van der Waals surface area contributed by atoms with Crippen LogP contribution in [0, 0.1) is 5.41 Å². The summed E-state index contributed by atoms with van der Waals surface area (Å²) >= 11 is 0. The van der Waals surface area contributed by atoms with Crippen LogP contribution in [-0.4, -0.2) is 91.9 Å². The van der Waals surface area contributed by atoms with Crippen LogP contribution in [0.3, 0.4) is 0 Å². The summed E-state index contributed by atoms with van der Waals surface area (Å²) in [6, 6.07) is 4.21. The Labute approximate surface area is 357 Å². The maximum absolute atomic E-state index is 12.8. The van der Waals surface area contributed by atoms with Gasteiger partial charge >= 0.3 is 5.97 Å². The lowest BCUT2D eigenvalue weighted by atomic mass is 9.77. The number of fused-ring (bicyclic) bond motifs is 1. The van der Waals surface area contributed by atoms with E-state index in [2.05, 4.69) is 11.6 Å². The standard InChI is InChI=1S/C43H54N4O12S2/c1-8-31(41(51)45(6)58-7)28-33-30(2)44-36(42(33,3)4)18-13-10-9-11-14-19-37-43(5,25-16-12-15-20-40(50)59-47-38(48)23-24-39(47)49)34-29-32(61(55,56)57)21-22-35(34)46(37)26-17-27-60(52,53)54/h8-11,13-14,18-19,21-22,28-29H,2,12,15-17,20,23-27H2,1,3-7H3,(H,52,53,54)(H,55,56,57)/b10-9+,14-11+,18-13+,31-8+,33-28+,37-19+. The van der Waals surface area contributed by atoms with Crippen LogP contribution in [-0.2, 0) is 54.5 Å². The Bertz CT molecular complexity index is 2360. The molecule has 4 rings (SSSR count). The molecule has 0 radical (unpaired) electrons. The normalized spacial score (nSPS) is 21.0. The number of hydrogen-bond acceptors (Lipinski definition) is 12. The van der Waals surface area contributed by atoms with Gasteiger partial charge in [-0.2, -0.15) is 16.8 Å². The molecule has 18 heteroatoms. The molecule has 61 heavy (non-hydrogen) atoms. The third kappa shape index (κ3) is 12.0. The number of aliphatic imine (C=N–C) groups is 1. The number of anilines is 1. The molecule has 1 aromatic rings. The molecule has 1 aromatic carbocycles. The van der Waals surface area contributed by atoms with Crippen LogP contribution >= 0.6 is 0 Å². The smallest absolute Gasteiger partial charge is 0.333 e. The number of imide groups is 1. The quantitative estimate of drug-likeness (QED) is 0.0391. The van der Waals surface area contributed by atoms with Gasteiger partial charge in [-0.05, 0) is 80.7 Å². The van der Waals surface area contributed by atoms with Crippen LogP contribution in [0.1, 0.15) is 84.6 Å². The van der Waals surface area contributed by atoms with Gasteiger partial charge in [0.05, 0.1) is 29.2 Å². The molecule has 3 aliphatic rings. The first-order valence-electron chi connectivity index (χ1n) is 19.7. The minimum atomic E-state index is -4.59. The molecule has 3 aliphatic heterocycles. The van der Waals surface area contributed by atoms with Crippen molar-refractivity contribution in [3.8, 4) is 0 Å². The average molecular weight is 883 g/mol. The molecular formula is C43H54N4O12S2. The minimum Gasteiger partial charge on any atom is -0.344 e. The Hall–Kier alpha value is -5.27. The molecule has 1 saturated heterocycles. The highest BCUT2D eigenvalue weighted by atomic mass is 32.2. The van der Waals surface area contributed by atoms with E-state index in [1.807, 2.05) is 43.9 Å². The van der Waals surface area contributed by atoms with Crippen molar-refractivity contribution in [3.05, 3.63) is 108 Å². The molecule has 3 amide bonds. The zero-order chi connectivity index (χ0) is 45.3. The van der Waals surface area contributed by atoms with E-state index in [0.29, 0.717) is 59.0 Å². The van der Waals surface area contributed by atoms with Crippen molar-refractivity contribution in [1.29, 1.82) is 0 Å². The van der Waals surface area contributed by atoms with Crippen LogP contribution in [0.5, 0.6) is 0 Å². The zero-order valence-electron chi connectivity index (χ0n) is 35.3. The molecule has 0 aromatic heterocycles. The molecule has 3 heterocycles. The van der Waals surface area contributed by atoms with Crippen molar-refractivity contribution in [1.82, 2.24) is 10.1 Å². The fourth-order valence-electron chi connectivity index (χ4n) is 7.36. The van der Waals surface area contributed by atoms with E-state index in [1.54, 1.807) is 49.4 Å². The van der Waals surface area contributed by atoms with Gasteiger partial charge < -0.3 is 9.74 Å². The van der Waals surface area contributed by atoms with Crippen LogP contribution in [0.15, 0.2) is 112 Å². The first-order chi connectivity index (χ1) is 28.5. The Kier molecular flexibility index (Phi) is 15.9. The van der Waals surface area contributed by atoms with E-state index < -0.39 is 54.6 Å². The monoisotopic (exact) mass is 882 g/mol. The molecule has 16 nitrogen and oxygen atoms in total. The summed E-state index contributed by atoms with van der Waals surface area (Å²) in [4.78, 5) is 65.0. The second-order valence-electron chi connectivity index (χ2n) is 15.4.